The van der Waals surface area contributed by atoms with Crippen molar-refractivity contribution in [1.29, 1.82) is 0 Å². The number of likely N-dealkylation sites (tertiary alicyclic amines) is 1. The number of carbonyl (C=O) groups is 2. The molecule has 0 unspecified atom stereocenters. The highest BCUT2D eigenvalue weighted by molar-refractivity contribution is 5.79. The summed E-state index contributed by atoms with van der Waals surface area (Å²) in [5.74, 6) is 0.265. The molecule has 1 aliphatic carbocycles. The molecule has 2 N–H and O–H groups in total. The van der Waals surface area contributed by atoms with Crippen molar-refractivity contribution in [2.45, 2.75) is 51.0 Å². The second-order valence-corrected chi connectivity index (χ2v) is 5.56. The number of amides is 2. The fraction of sp³-hybridized carbons (Fsp3) is 0.857. The maximum absolute atomic E-state index is 11.8. The van der Waals surface area contributed by atoms with Gasteiger partial charge in [-0.15, -0.1) is 0 Å². The lowest BCUT2D eigenvalue weighted by Crippen LogP contribution is -2.40. The average Bonchev–Trinajstić information content (AvgIpc) is 3.06. The van der Waals surface area contributed by atoms with Gasteiger partial charge in [-0.3, -0.25) is 9.59 Å². The van der Waals surface area contributed by atoms with Crippen LogP contribution >= 0.6 is 0 Å². The smallest absolute Gasteiger partial charge is 0.234 e. The molecule has 0 atom stereocenters. The summed E-state index contributed by atoms with van der Waals surface area (Å²) in [6.45, 7) is 2.72. The van der Waals surface area contributed by atoms with E-state index in [1.165, 1.54) is 12.8 Å². The normalized spacial score (nSPS) is 19.9. The Hall–Kier alpha value is -1.10. The van der Waals surface area contributed by atoms with E-state index in [-0.39, 0.29) is 11.8 Å². The highest BCUT2D eigenvalue weighted by Gasteiger charge is 2.18. The maximum Gasteiger partial charge on any atom is 0.234 e. The Morgan fingerprint density at radius 2 is 1.74 bits per heavy atom. The molecule has 2 rings (SSSR count). The first-order valence-corrected chi connectivity index (χ1v) is 7.53. The molecule has 1 aliphatic heterocycles. The summed E-state index contributed by atoms with van der Waals surface area (Å²) in [4.78, 5) is 25.3. The summed E-state index contributed by atoms with van der Waals surface area (Å²) in [6.07, 6.45) is 7.42. The lowest BCUT2D eigenvalue weighted by atomic mass is 10.2. The van der Waals surface area contributed by atoms with Gasteiger partial charge in [-0.1, -0.05) is 12.8 Å². The summed E-state index contributed by atoms with van der Waals surface area (Å²) in [5.41, 5.74) is 0. The molecule has 5 heteroatoms. The number of carbonyl (C=O) groups excluding carboxylic acids is 2. The third kappa shape index (κ3) is 4.82. The zero-order chi connectivity index (χ0) is 13.5. The lowest BCUT2D eigenvalue weighted by Gasteiger charge is -2.15. The highest BCUT2D eigenvalue weighted by Crippen LogP contribution is 2.17. The maximum atomic E-state index is 11.8. The highest BCUT2D eigenvalue weighted by atomic mass is 16.2. The largest absolute Gasteiger partial charge is 0.352 e. The van der Waals surface area contributed by atoms with Crippen LogP contribution in [0.25, 0.3) is 0 Å². The first-order valence-electron chi connectivity index (χ1n) is 7.53. The number of nitrogens with zero attached hydrogens (tertiary/aromatic N) is 1. The Balaban J connectivity index is 1.51. The molecule has 0 radical (unpaired) electrons. The van der Waals surface area contributed by atoms with Gasteiger partial charge in [0, 0.05) is 32.1 Å². The molecule has 0 aromatic rings. The van der Waals surface area contributed by atoms with Gasteiger partial charge in [0.2, 0.25) is 11.8 Å². The molecule has 0 spiro atoms. The molecule has 0 bridgehead atoms. The summed E-state index contributed by atoms with van der Waals surface area (Å²) < 4.78 is 0. The first-order chi connectivity index (χ1) is 9.25. The molecule has 0 aromatic carbocycles. The van der Waals surface area contributed by atoms with Gasteiger partial charge in [0.1, 0.15) is 0 Å². The first kappa shape index (κ1) is 14.3. The molecule has 108 valence electrons. The van der Waals surface area contributed by atoms with Crippen molar-refractivity contribution in [2.75, 3.05) is 26.2 Å². The van der Waals surface area contributed by atoms with E-state index < -0.39 is 0 Å². The summed E-state index contributed by atoms with van der Waals surface area (Å²) in [5, 5.41) is 6.08. The molecule has 1 heterocycles. The Bertz CT molecular complexity index is 308. The van der Waals surface area contributed by atoms with E-state index in [0.29, 0.717) is 25.6 Å². The van der Waals surface area contributed by atoms with E-state index in [1.54, 1.807) is 0 Å². The van der Waals surface area contributed by atoms with Crippen molar-refractivity contribution >= 4 is 11.8 Å². The monoisotopic (exact) mass is 267 g/mol. The Morgan fingerprint density at radius 1 is 1.05 bits per heavy atom. The van der Waals surface area contributed by atoms with Crippen molar-refractivity contribution in [3.63, 3.8) is 0 Å². The van der Waals surface area contributed by atoms with Gasteiger partial charge in [-0.2, -0.15) is 0 Å². The Morgan fingerprint density at radius 3 is 2.42 bits per heavy atom. The van der Waals surface area contributed by atoms with Crippen molar-refractivity contribution in [2.24, 2.45) is 0 Å². The van der Waals surface area contributed by atoms with E-state index in [4.69, 9.17) is 0 Å². The van der Waals surface area contributed by atoms with Crippen molar-refractivity contribution in [3.8, 4) is 0 Å². The van der Waals surface area contributed by atoms with Gasteiger partial charge < -0.3 is 15.5 Å². The van der Waals surface area contributed by atoms with Gasteiger partial charge >= 0.3 is 0 Å². The molecule has 5 nitrogen and oxygen atoms in total. The second-order valence-electron chi connectivity index (χ2n) is 5.56. The van der Waals surface area contributed by atoms with Crippen LogP contribution in [0.15, 0.2) is 0 Å². The van der Waals surface area contributed by atoms with E-state index >= 15 is 0 Å². The Kier molecular flexibility index (Phi) is 5.63. The zero-order valence-corrected chi connectivity index (χ0v) is 11.6. The van der Waals surface area contributed by atoms with Crippen LogP contribution in [-0.4, -0.2) is 48.9 Å². The van der Waals surface area contributed by atoms with E-state index in [2.05, 4.69) is 10.6 Å². The Labute approximate surface area is 115 Å². The van der Waals surface area contributed by atoms with E-state index in [1.807, 2.05) is 4.90 Å². The van der Waals surface area contributed by atoms with Crippen LogP contribution < -0.4 is 10.6 Å². The summed E-state index contributed by atoms with van der Waals surface area (Å²) in [6, 6.07) is 0.375. The van der Waals surface area contributed by atoms with Crippen molar-refractivity contribution in [3.05, 3.63) is 0 Å². The minimum absolute atomic E-state index is 0.0560. The quantitative estimate of drug-likeness (QED) is 0.695. The van der Waals surface area contributed by atoms with Crippen LogP contribution in [-0.2, 0) is 9.59 Å². The van der Waals surface area contributed by atoms with E-state index in [9.17, 15) is 9.59 Å². The third-order valence-corrected chi connectivity index (χ3v) is 3.98. The van der Waals surface area contributed by atoms with Gasteiger partial charge in [0.05, 0.1) is 6.54 Å². The standard InChI is InChI=1S/C14H25N3O2/c18-13(16-12-5-1-2-6-12)11-15-8-7-14(19)17-9-3-4-10-17/h12,15H,1-11H2,(H,16,18). The van der Waals surface area contributed by atoms with Crippen LogP contribution in [0.1, 0.15) is 44.9 Å². The second kappa shape index (κ2) is 7.48. The van der Waals surface area contributed by atoms with Crippen molar-refractivity contribution < 1.29 is 9.59 Å². The zero-order valence-electron chi connectivity index (χ0n) is 11.6. The molecule has 19 heavy (non-hydrogen) atoms. The minimum Gasteiger partial charge on any atom is -0.352 e. The molecular weight excluding hydrogens is 242 g/mol. The van der Waals surface area contributed by atoms with Gasteiger partial charge in [0.25, 0.3) is 0 Å². The predicted molar refractivity (Wildman–Crippen MR) is 73.7 cm³/mol. The fourth-order valence-electron chi connectivity index (χ4n) is 2.87. The summed E-state index contributed by atoms with van der Waals surface area (Å²) >= 11 is 0. The molecule has 2 fully saturated rings. The molecular formula is C14H25N3O2. The third-order valence-electron chi connectivity index (χ3n) is 3.98. The summed E-state index contributed by atoms with van der Waals surface area (Å²) in [7, 11) is 0. The van der Waals surface area contributed by atoms with Crippen molar-refractivity contribution in [1.82, 2.24) is 15.5 Å². The minimum atomic E-state index is 0.0560. The van der Waals surface area contributed by atoms with Gasteiger partial charge in [-0.05, 0) is 25.7 Å². The number of hydrogen-bond donors (Lipinski definition) is 2. The number of nitrogens with one attached hydrogen (secondary N) is 2. The molecule has 2 aliphatic rings. The topological polar surface area (TPSA) is 61.4 Å². The molecule has 1 saturated carbocycles. The van der Waals surface area contributed by atoms with Crippen LogP contribution in [0.4, 0.5) is 0 Å². The number of hydrogen-bond acceptors (Lipinski definition) is 3. The lowest BCUT2D eigenvalue weighted by molar-refractivity contribution is -0.130. The fourth-order valence-corrected chi connectivity index (χ4v) is 2.87. The van der Waals surface area contributed by atoms with Gasteiger partial charge in [0.15, 0.2) is 0 Å². The SMILES string of the molecule is O=C(CNCCC(=O)N1CCCC1)NC1CCCC1. The van der Waals surface area contributed by atoms with Crippen LogP contribution in [0, 0.1) is 0 Å². The molecule has 1 saturated heterocycles. The average molecular weight is 267 g/mol. The predicted octanol–water partition coefficient (Wildman–Crippen LogP) is 0.647. The van der Waals surface area contributed by atoms with Crippen LogP contribution in [0.5, 0.6) is 0 Å². The van der Waals surface area contributed by atoms with Crippen LogP contribution in [0.3, 0.4) is 0 Å². The molecule has 2 amide bonds. The molecule has 0 aromatic heterocycles. The van der Waals surface area contributed by atoms with Crippen LogP contribution in [0.2, 0.25) is 0 Å². The van der Waals surface area contributed by atoms with Gasteiger partial charge in [-0.25, -0.2) is 0 Å². The van der Waals surface area contributed by atoms with E-state index in [0.717, 1.165) is 38.8 Å². The number of rotatable bonds is 6.